The van der Waals surface area contributed by atoms with Crippen molar-refractivity contribution in [2.24, 2.45) is 0 Å². The second-order valence-electron chi connectivity index (χ2n) is 5.54. The van der Waals surface area contributed by atoms with Gasteiger partial charge in [-0.2, -0.15) is 0 Å². The van der Waals surface area contributed by atoms with Crippen LogP contribution in [0.25, 0.3) is 0 Å². The smallest absolute Gasteiger partial charge is 0.317 e. The summed E-state index contributed by atoms with van der Waals surface area (Å²) in [5.41, 5.74) is -0.0952. The number of rotatable bonds is 5. The number of ether oxygens (including phenoxy) is 1. The fourth-order valence-electron chi connectivity index (χ4n) is 2.53. The third-order valence-electron chi connectivity index (χ3n) is 3.89. The summed E-state index contributed by atoms with van der Waals surface area (Å²) in [5.74, 6) is -3.27. The first kappa shape index (κ1) is 17.6. The molecule has 1 aromatic rings. The van der Waals surface area contributed by atoms with E-state index in [1.807, 2.05) is 6.92 Å². The van der Waals surface area contributed by atoms with Gasteiger partial charge in [0.05, 0.1) is 6.10 Å². The van der Waals surface area contributed by atoms with E-state index in [9.17, 15) is 18.0 Å². The van der Waals surface area contributed by atoms with Crippen LogP contribution >= 0.6 is 0 Å². The van der Waals surface area contributed by atoms with Crippen molar-refractivity contribution in [3.05, 3.63) is 35.1 Å². The van der Waals surface area contributed by atoms with Crippen molar-refractivity contribution in [2.75, 3.05) is 19.7 Å². The number of carbonyl (C=O) groups excluding carboxylic acids is 1. The number of likely N-dealkylation sites (N-methyl/N-ethyl adjacent to an activating group) is 1. The number of hydrogen-bond acceptors (Lipinski definition) is 2. The van der Waals surface area contributed by atoms with Crippen molar-refractivity contribution in [1.29, 1.82) is 0 Å². The molecule has 0 aromatic heterocycles. The summed E-state index contributed by atoms with van der Waals surface area (Å²) in [6, 6.07) is 0.848. The van der Waals surface area contributed by atoms with E-state index in [0.29, 0.717) is 25.8 Å². The topological polar surface area (TPSA) is 41.6 Å². The molecule has 0 spiro atoms. The summed E-state index contributed by atoms with van der Waals surface area (Å²) in [6.45, 7) is 3.27. The maximum Gasteiger partial charge on any atom is 0.317 e. The largest absolute Gasteiger partial charge is 0.376 e. The van der Waals surface area contributed by atoms with E-state index < -0.39 is 17.5 Å². The molecule has 2 amide bonds. The van der Waals surface area contributed by atoms with Gasteiger partial charge in [0, 0.05) is 37.9 Å². The minimum atomic E-state index is -1.25. The molecule has 1 aromatic carbocycles. The Morgan fingerprint density at radius 2 is 2.00 bits per heavy atom. The Morgan fingerprint density at radius 1 is 1.26 bits per heavy atom. The SMILES string of the molecule is CCN(CC1CCCCO1)C(=O)NCc1cc(F)c(F)cc1F. The van der Waals surface area contributed by atoms with Crippen LogP contribution in [0.4, 0.5) is 18.0 Å². The molecule has 1 atom stereocenters. The first-order valence-corrected chi connectivity index (χ1v) is 7.79. The average molecular weight is 330 g/mol. The van der Waals surface area contributed by atoms with Crippen molar-refractivity contribution in [2.45, 2.75) is 38.8 Å². The number of urea groups is 1. The number of hydrogen-bond donors (Lipinski definition) is 1. The van der Waals surface area contributed by atoms with E-state index in [1.54, 1.807) is 4.90 Å². The molecule has 0 radical (unpaired) electrons. The van der Waals surface area contributed by atoms with Gasteiger partial charge in [-0.05, 0) is 32.3 Å². The molecule has 0 saturated carbocycles. The van der Waals surface area contributed by atoms with Crippen molar-refractivity contribution >= 4 is 6.03 Å². The van der Waals surface area contributed by atoms with Crippen molar-refractivity contribution < 1.29 is 22.7 Å². The van der Waals surface area contributed by atoms with E-state index in [4.69, 9.17) is 4.74 Å². The van der Waals surface area contributed by atoms with Crippen molar-refractivity contribution in [1.82, 2.24) is 10.2 Å². The number of carbonyl (C=O) groups is 1. The van der Waals surface area contributed by atoms with Gasteiger partial charge in [-0.3, -0.25) is 0 Å². The second-order valence-corrected chi connectivity index (χ2v) is 5.54. The van der Waals surface area contributed by atoms with Crippen LogP contribution < -0.4 is 5.32 Å². The molecule has 2 rings (SSSR count). The lowest BCUT2D eigenvalue weighted by atomic mass is 10.1. The molecule has 1 unspecified atom stereocenters. The minimum absolute atomic E-state index is 0.00875. The van der Waals surface area contributed by atoms with Gasteiger partial charge in [-0.25, -0.2) is 18.0 Å². The standard InChI is InChI=1S/C16H21F3N2O2/c1-2-21(10-12-5-3-4-6-23-12)16(22)20-9-11-7-14(18)15(19)8-13(11)17/h7-8,12H,2-6,9-10H2,1H3,(H,20,22). The molecular formula is C16H21F3N2O2. The van der Waals surface area contributed by atoms with Gasteiger partial charge in [0.15, 0.2) is 11.6 Å². The molecule has 1 aliphatic rings. The van der Waals surface area contributed by atoms with Gasteiger partial charge < -0.3 is 15.0 Å². The summed E-state index contributed by atoms with van der Waals surface area (Å²) < 4.78 is 45.2. The van der Waals surface area contributed by atoms with Gasteiger partial charge in [-0.15, -0.1) is 0 Å². The van der Waals surface area contributed by atoms with E-state index in [-0.39, 0.29) is 24.2 Å². The van der Waals surface area contributed by atoms with Gasteiger partial charge >= 0.3 is 6.03 Å². The summed E-state index contributed by atoms with van der Waals surface area (Å²) in [4.78, 5) is 13.7. The Hall–Kier alpha value is -1.76. The third kappa shape index (κ3) is 4.86. The van der Waals surface area contributed by atoms with Crippen LogP contribution in [0.3, 0.4) is 0 Å². The lowest BCUT2D eigenvalue weighted by Gasteiger charge is -2.29. The van der Waals surface area contributed by atoms with Crippen LogP contribution in [-0.4, -0.2) is 36.7 Å². The number of benzene rings is 1. The molecule has 1 saturated heterocycles. The summed E-state index contributed by atoms with van der Waals surface area (Å²) in [6.07, 6.45) is 3.02. The molecular weight excluding hydrogens is 309 g/mol. The molecule has 1 N–H and O–H groups in total. The van der Waals surface area contributed by atoms with E-state index >= 15 is 0 Å². The highest BCUT2D eigenvalue weighted by molar-refractivity contribution is 5.74. The molecule has 0 bridgehead atoms. The monoisotopic (exact) mass is 330 g/mol. The zero-order valence-corrected chi connectivity index (χ0v) is 13.1. The normalized spacial score (nSPS) is 17.8. The van der Waals surface area contributed by atoms with Crippen LogP contribution in [0.15, 0.2) is 12.1 Å². The zero-order valence-electron chi connectivity index (χ0n) is 13.1. The fourth-order valence-corrected chi connectivity index (χ4v) is 2.53. The quantitative estimate of drug-likeness (QED) is 0.843. The van der Waals surface area contributed by atoms with E-state index in [0.717, 1.165) is 25.3 Å². The Morgan fingerprint density at radius 3 is 2.65 bits per heavy atom. The molecule has 1 aliphatic heterocycles. The Balaban J connectivity index is 1.90. The molecule has 23 heavy (non-hydrogen) atoms. The molecule has 0 aliphatic carbocycles. The highest BCUT2D eigenvalue weighted by atomic mass is 19.2. The number of nitrogens with zero attached hydrogens (tertiary/aromatic N) is 1. The Bertz CT molecular complexity index is 548. The first-order valence-electron chi connectivity index (χ1n) is 7.79. The molecule has 1 fully saturated rings. The minimum Gasteiger partial charge on any atom is -0.376 e. The van der Waals surface area contributed by atoms with Crippen LogP contribution in [-0.2, 0) is 11.3 Å². The maximum absolute atomic E-state index is 13.5. The average Bonchev–Trinajstić information content (AvgIpc) is 2.55. The lowest BCUT2D eigenvalue weighted by molar-refractivity contribution is 0.00132. The number of nitrogens with one attached hydrogen (secondary N) is 1. The van der Waals surface area contributed by atoms with Gasteiger partial charge in [0.2, 0.25) is 0 Å². The highest BCUT2D eigenvalue weighted by Gasteiger charge is 2.20. The summed E-state index contributed by atoms with van der Waals surface area (Å²) in [5, 5.41) is 2.53. The van der Waals surface area contributed by atoms with E-state index in [1.165, 1.54) is 0 Å². The summed E-state index contributed by atoms with van der Waals surface area (Å²) in [7, 11) is 0. The molecule has 7 heteroatoms. The molecule has 4 nitrogen and oxygen atoms in total. The maximum atomic E-state index is 13.5. The highest BCUT2D eigenvalue weighted by Crippen LogP contribution is 2.15. The van der Waals surface area contributed by atoms with E-state index in [2.05, 4.69) is 5.32 Å². The van der Waals surface area contributed by atoms with Crippen LogP contribution in [0.5, 0.6) is 0 Å². The van der Waals surface area contributed by atoms with Gasteiger partial charge in [-0.1, -0.05) is 0 Å². The Kier molecular flexibility index (Phi) is 6.27. The van der Waals surface area contributed by atoms with Crippen LogP contribution in [0, 0.1) is 17.5 Å². The number of halogens is 3. The molecule has 128 valence electrons. The first-order chi connectivity index (χ1) is 11.0. The Labute approximate surface area is 133 Å². The fraction of sp³-hybridized carbons (Fsp3) is 0.562. The third-order valence-corrected chi connectivity index (χ3v) is 3.89. The van der Waals surface area contributed by atoms with Gasteiger partial charge in [0.1, 0.15) is 5.82 Å². The zero-order chi connectivity index (χ0) is 16.8. The molecule has 1 heterocycles. The summed E-state index contributed by atoms with van der Waals surface area (Å²) >= 11 is 0. The number of amides is 2. The lowest BCUT2D eigenvalue weighted by Crippen LogP contribution is -2.44. The van der Waals surface area contributed by atoms with Crippen molar-refractivity contribution in [3.63, 3.8) is 0 Å². The van der Waals surface area contributed by atoms with Crippen molar-refractivity contribution in [3.8, 4) is 0 Å². The van der Waals surface area contributed by atoms with Crippen LogP contribution in [0.1, 0.15) is 31.7 Å². The van der Waals surface area contributed by atoms with Gasteiger partial charge in [0.25, 0.3) is 0 Å². The predicted octanol–water partition coefficient (Wildman–Crippen LogP) is 3.20. The van der Waals surface area contributed by atoms with Crippen LogP contribution in [0.2, 0.25) is 0 Å². The predicted molar refractivity (Wildman–Crippen MR) is 79.4 cm³/mol. The second kappa shape index (κ2) is 8.19.